The fraction of sp³-hybridized carbons (Fsp3) is 0.318. The van der Waals surface area contributed by atoms with Gasteiger partial charge in [-0.2, -0.15) is 0 Å². The molecule has 0 bridgehead atoms. The van der Waals surface area contributed by atoms with E-state index < -0.39 is 0 Å². The van der Waals surface area contributed by atoms with E-state index in [1.165, 1.54) is 0 Å². The quantitative estimate of drug-likeness (QED) is 0.751. The number of para-hydroxylation sites is 1. The number of amides is 1. The largest absolute Gasteiger partial charge is 0.496 e. The first kappa shape index (κ1) is 19.5. The molecular weight excluding hydrogens is 360 g/mol. The van der Waals surface area contributed by atoms with Crippen LogP contribution in [0.2, 0.25) is 5.02 Å². The normalized spacial score (nSPS) is 15.9. The molecule has 0 spiro atoms. The second-order valence-corrected chi connectivity index (χ2v) is 7.01. The fourth-order valence-corrected chi connectivity index (χ4v) is 3.42. The first-order chi connectivity index (χ1) is 13.2. The van der Waals surface area contributed by atoms with Crippen molar-refractivity contribution in [3.05, 3.63) is 70.8 Å². The standard InChI is InChI=1S/C22H25ClN2O2/c1-27-21-11-5-3-7-18(21)9-6-13-24-14-12-22(26)25(16-15-24)17-19-8-2-4-10-20(19)23/h2-11H,12-17H2,1H3/b9-6+. The Morgan fingerprint density at radius 2 is 1.85 bits per heavy atom. The first-order valence-electron chi connectivity index (χ1n) is 9.20. The summed E-state index contributed by atoms with van der Waals surface area (Å²) in [5, 5.41) is 0.714. The van der Waals surface area contributed by atoms with E-state index >= 15 is 0 Å². The van der Waals surface area contributed by atoms with E-state index in [1.54, 1.807) is 7.11 Å². The van der Waals surface area contributed by atoms with Crippen molar-refractivity contribution in [2.75, 3.05) is 33.3 Å². The Kier molecular flexibility index (Phi) is 6.91. The van der Waals surface area contributed by atoms with Crippen molar-refractivity contribution >= 4 is 23.6 Å². The van der Waals surface area contributed by atoms with Crippen LogP contribution in [0.5, 0.6) is 5.75 Å². The zero-order valence-electron chi connectivity index (χ0n) is 15.6. The third-order valence-electron chi connectivity index (χ3n) is 4.80. The lowest BCUT2D eigenvalue weighted by Crippen LogP contribution is -2.33. The van der Waals surface area contributed by atoms with Crippen LogP contribution in [0.3, 0.4) is 0 Å². The number of benzene rings is 2. The van der Waals surface area contributed by atoms with E-state index in [9.17, 15) is 4.79 Å². The monoisotopic (exact) mass is 384 g/mol. The Morgan fingerprint density at radius 1 is 1.07 bits per heavy atom. The maximum absolute atomic E-state index is 12.5. The van der Waals surface area contributed by atoms with Crippen LogP contribution in [-0.2, 0) is 11.3 Å². The summed E-state index contributed by atoms with van der Waals surface area (Å²) in [5.41, 5.74) is 2.06. The van der Waals surface area contributed by atoms with Gasteiger partial charge in [-0.25, -0.2) is 0 Å². The van der Waals surface area contributed by atoms with Crippen LogP contribution in [0.25, 0.3) is 6.08 Å². The predicted molar refractivity (Wildman–Crippen MR) is 110 cm³/mol. The van der Waals surface area contributed by atoms with Crippen LogP contribution in [0, 0.1) is 0 Å². The van der Waals surface area contributed by atoms with Crippen LogP contribution in [-0.4, -0.2) is 49.0 Å². The number of hydrogen-bond acceptors (Lipinski definition) is 3. The van der Waals surface area contributed by atoms with E-state index in [1.807, 2.05) is 53.4 Å². The average molecular weight is 385 g/mol. The lowest BCUT2D eigenvalue weighted by molar-refractivity contribution is -0.130. The number of halogens is 1. The highest BCUT2D eigenvalue weighted by Gasteiger charge is 2.21. The maximum Gasteiger partial charge on any atom is 0.224 e. The molecular formula is C22H25ClN2O2. The summed E-state index contributed by atoms with van der Waals surface area (Å²) in [6, 6.07) is 15.7. The van der Waals surface area contributed by atoms with Gasteiger partial charge in [0.2, 0.25) is 5.91 Å². The lowest BCUT2D eigenvalue weighted by atomic mass is 10.2. The molecule has 27 heavy (non-hydrogen) atoms. The van der Waals surface area contributed by atoms with Crippen molar-refractivity contribution in [1.29, 1.82) is 0 Å². The molecule has 0 N–H and O–H groups in total. The Morgan fingerprint density at radius 3 is 2.67 bits per heavy atom. The molecule has 0 unspecified atom stereocenters. The summed E-state index contributed by atoms with van der Waals surface area (Å²) < 4.78 is 5.38. The van der Waals surface area contributed by atoms with E-state index in [0.29, 0.717) is 24.5 Å². The Hall–Kier alpha value is -2.30. The van der Waals surface area contributed by atoms with Gasteiger partial charge in [0.25, 0.3) is 0 Å². The number of nitrogens with zero attached hydrogens (tertiary/aromatic N) is 2. The molecule has 0 aromatic heterocycles. The number of rotatable bonds is 6. The molecule has 0 aliphatic carbocycles. The Balaban J connectivity index is 1.57. The van der Waals surface area contributed by atoms with Gasteiger partial charge >= 0.3 is 0 Å². The number of ether oxygens (including phenoxy) is 1. The van der Waals surface area contributed by atoms with E-state index in [0.717, 1.165) is 36.5 Å². The van der Waals surface area contributed by atoms with E-state index in [2.05, 4.69) is 17.1 Å². The summed E-state index contributed by atoms with van der Waals surface area (Å²) in [5.74, 6) is 1.05. The summed E-state index contributed by atoms with van der Waals surface area (Å²) in [7, 11) is 1.68. The molecule has 1 fully saturated rings. The van der Waals surface area contributed by atoms with Crippen molar-refractivity contribution < 1.29 is 9.53 Å². The van der Waals surface area contributed by atoms with Crippen LogP contribution in [0.1, 0.15) is 17.5 Å². The third-order valence-corrected chi connectivity index (χ3v) is 5.17. The van der Waals surface area contributed by atoms with Gasteiger partial charge in [0.05, 0.1) is 7.11 Å². The Bertz CT molecular complexity index is 806. The zero-order chi connectivity index (χ0) is 19.1. The summed E-state index contributed by atoms with van der Waals surface area (Å²) in [4.78, 5) is 16.7. The molecule has 0 atom stereocenters. The van der Waals surface area contributed by atoms with Gasteiger partial charge < -0.3 is 9.64 Å². The predicted octanol–water partition coefficient (Wildman–Crippen LogP) is 4.10. The zero-order valence-corrected chi connectivity index (χ0v) is 16.4. The molecule has 1 aliphatic heterocycles. The minimum atomic E-state index is 0.186. The molecule has 1 saturated heterocycles. The highest BCUT2D eigenvalue weighted by molar-refractivity contribution is 6.31. The van der Waals surface area contributed by atoms with Gasteiger partial charge in [-0.1, -0.05) is 60.2 Å². The van der Waals surface area contributed by atoms with Gasteiger partial charge in [0.1, 0.15) is 5.75 Å². The van der Waals surface area contributed by atoms with Crippen molar-refractivity contribution in [3.63, 3.8) is 0 Å². The molecule has 1 heterocycles. The molecule has 0 radical (unpaired) electrons. The number of hydrogen-bond donors (Lipinski definition) is 0. The second kappa shape index (κ2) is 9.58. The van der Waals surface area contributed by atoms with E-state index in [4.69, 9.17) is 16.3 Å². The van der Waals surface area contributed by atoms with Crippen LogP contribution < -0.4 is 4.74 Å². The number of carbonyl (C=O) groups is 1. The van der Waals surface area contributed by atoms with Crippen LogP contribution in [0.15, 0.2) is 54.6 Å². The molecule has 2 aromatic rings. The molecule has 1 aliphatic rings. The number of methoxy groups -OCH3 is 1. The van der Waals surface area contributed by atoms with Gasteiger partial charge in [-0.15, -0.1) is 0 Å². The van der Waals surface area contributed by atoms with Crippen molar-refractivity contribution in [3.8, 4) is 5.75 Å². The van der Waals surface area contributed by atoms with E-state index in [-0.39, 0.29) is 5.91 Å². The van der Waals surface area contributed by atoms with Gasteiger partial charge in [0, 0.05) is 49.7 Å². The van der Waals surface area contributed by atoms with Crippen molar-refractivity contribution in [2.24, 2.45) is 0 Å². The summed E-state index contributed by atoms with van der Waals surface area (Å²) >= 11 is 6.24. The smallest absolute Gasteiger partial charge is 0.224 e. The lowest BCUT2D eigenvalue weighted by Gasteiger charge is -2.22. The van der Waals surface area contributed by atoms with Gasteiger partial charge in [0.15, 0.2) is 0 Å². The highest BCUT2D eigenvalue weighted by atomic mass is 35.5. The molecule has 0 saturated carbocycles. The first-order valence-corrected chi connectivity index (χ1v) is 9.58. The number of carbonyl (C=O) groups excluding carboxylic acids is 1. The average Bonchev–Trinajstić information content (AvgIpc) is 2.86. The minimum absolute atomic E-state index is 0.186. The minimum Gasteiger partial charge on any atom is -0.496 e. The fourth-order valence-electron chi connectivity index (χ4n) is 3.23. The SMILES string of the molecule is COc1ccccc1/C=C/CN1CCC(=O)N(Cc2ccccc2Cl)CC1. The summed E-state index contributed by atoms with van der Waals surface area (Å²) in [6.07, 6.45) is 4.74. The summed E-state index contributed by atoms with van der Waals surface area (Å²) in [6.45, 7) is 3.72. The molecule has 142 valence electrons. The Labute approximate surface area is 166 Å². The van der Waals surface area contributed by atoms with Crippen molar-refractivity contribution in [2.45, 2.75) is 13.0 Å². The maximum atomic E-state index is 12.5. The van der Waals surface area contributed by atoms with Gasteiger partial charge in [-0.05, 0) is 17.7 Å². The molecule has 3 rings (SSSR count). The third kappa shape index (κ3) is 5.34. The second-order valence-electron chi connectivity index (χ2n) is 6.60. The molecule has 1 amide bonds. The van der Waals surface area contributed by atoms with Gasteiger partial charge in [-0.3, -0.25) is 9.69 Å². The molecule has 4 nitrogen and oxygen atoms in total. The molecule has 2 aromatic carbocycles. The topological polar surface area (TPSA) is 32.8 Å². The van der Waals surface area contributed by atoms with Crippen LogP contribution >= 0.6 is 11.6 Å². The highest BCUT2D eigenvalue weighted by Crippen LogP contribution is 2.20. The van der Waals surface area contributed by atoms with Crippen molar-refractivity contribution in [1.82, 2.24) is 9.80 Å². The molecule has 5 heteroatoms. The van der Waals surface area contributed by atoms with Crippen LogP contribution in [0.4, 0.5) is 0 Å².